The second kappa shape index (κ2) is 9.88. The third-order valence-corrected chi connectivity index (χ3v) is 3.08. The molecule has 2 atom stereocenters. The van der Waals surface area contributed by atoms with Gasteiger partial charge in [-0.2, -0.15) is 0 Å². The molecule has 114 valence electrons. The van der Waals surface area contributed by atoms with Crippen molar-refractivity contribution in [1.82, 2.24) is 0 Å². The molecule has 0 fully saturated rings. The second-order valence-electron chi connectivity index (χ2n) is 5.04. The Bertz CT molecular complexity index is 340. The molecule has 0 aliphatic heterocycles. The summed E-state index contributed by atoms with van der Waals surface area (Å²) in [6.07, 6.45) is -0.849. The summed E-state index contributed by atoms with van der Waals surface area (Å²) in [6.45, 7) is 6.21. The second-order valence-corrected chi connectivity index (χ2v) is 5.04. The van der Waals surface area contributed by atoms with Crippen LogP contribution in [0.3, 0.4) is 0 Å². The molecule has 4 nitrogen and oxygen atoms in total. The predicted molar refractivity (Wildman–Crippen MR) is 78.7 cm³/mol. The topological polar surface area (TPSA) is 47.9 Å². The minimum atomic E-state index is -0.616. The summed E-state index contributed by atoms with van der Waals surface area (Å²) in [5, 5.41) is 10.4. The van der Waals surface area contributed by atoms with Crippen LogP contribution in [0.2, 0.25) is 0 Å². The molecule has 1 rings (SSSR count). The van der Waals surface area contributed by atoms with Crippen molar-refractivity contribution in [2.24, 2.45) is 5.92 Å². The van der Waals surface area contributed by atoms with Gasteiger partial charge in [-0.05, 0) is 11.5 Å². The minimum absolute atomic E-state index is 0.226. The molecule has 0 amide bonds. The first-order chi connectivity index (χ1) is 9.66. The van der Waals surface area contributed by atoms with Crippen molar-refractivity contribution in [2.45, 2.75) is 26.1 Å². The lowest BCUT2D eigenvalue weighted by molar-refractivity contribution is -0.0802. The molecule has 0 heterocycles. The van der Waals surface area contributed by atoms with Crippen molar-refractivity contribution in [3.8, 4) is 0 Å². The Morgan fingerprint density at radius 2 is 1.65 bits per heavy atom. The monoisotopic (exact) mass is 282 g/mol. The normalized spacial score (nSPS) is 14.4. The largest absolute Gasteiger partial charge is 0.386 e. The van der Waals surface area contributed by atoms with Crippen molar-refractivity contribution in [2.75, 3.05) is 33.5 Å². The van der Waals surface area contributed by atoms with E-state index in [0.29, 0.717) is 26.4 Å². The fraction of sp³-hybridized carbons (Fsp3) is 0.625. The van der Waals surface area contributed by atoms with E-state index in [9.17, 15) is 5.11 Å². The van der Waals surface area contributed by atoms with E-state index < -0.39 is 6.10 Å². The van der Waals surface area contributed by atoms with Crippen molar-refractivity contribution in [3.05, 3.63) is 35.9 Å². The van der Waals surface area contributed by atoms with E-state index in [4.69, 9.17) is 14.2 Å². The first kappa shape index (κ1) is 17.1. The maximum atomic E-state index is 10.4. The maximum Gasteiger partial charge on any atom is 0.105 e. The highest BCUT2D eigenvalue weighted by Gasteiger charge is 2.24. The summed E-state index contributed by atoms with van der Waals surface area (Å²) in [6, 6.07) is 9.61. The van der Waals surface area contributed by atoms with Gasteiger partial charge in [-0.25, -0.2) is 0 Å². The van der Waals surface area contributed by atoms with Crippen LogP contribution >= 0.6 is 0 Å². The summed E-state index contributed by atoms with van der Waals surface area (Å²) in [7, 11) is 1.64. The molecular weight excluding hydrogens is 256 g/mol. The molecule has 0 radical (unpaired) electrons. The number of benzene rings is 1. The quantitative estimate of drug-likeness (QED) is 0.670. The Kier molecular flexibility index (Phi) is 8.46. The summed E-state index contributed by atoms with van der Waals surface area (Å²) in [4.78, 5) is 0. The average Bonchev–Trinajstić information content (AvgIpc) is 2.46. The van der Waals surface area contributed by atoms with E-state index in [1.807, 2.05) is 44.2 Å². The first-order valence-electron chi connectivity index (χ1n) is 7.08. The van der Waals surface area contributed by atoms with Crippen molar-refractivity contribution >= 4 is 0 Å². The molecule has 0 aliphatic rings. The maximum absolute atomic E-state index is 10.4. The molecule has 0 saturated carbocycles. The average molecular weight is 282 g/mol. The SMILES string of the molecule is COCCOCCOC(C(C)C)C(O)c1ccccc1. The Morgan fingerprint density at radius 3 is 2.25 bits per heavy atom. The molecule has 0 saturated heterocycles. The highest BCUT2D eigenvalue weighted by Crippen LogP contribution is 2.24. The molecule has 20 heavy (non-hydrogen) atoms. The van der Waals surface area contributed by atoms with Crippen LogP contribution in [0.25, 0.3) is 0 Å². The zero-order chi connectivity index (χ0) is 14.8. The standard InChI is InChI=1S/C16H26O4/c1-13(2)16(20-12-11-19-10-9-18-3)15(17)14-7-5-4-6-8-14/h4-8,13,15-17H,9-12H2,1-3H3. The van der Waals surface area contributed by atoms with Crippen LogP contribution in [0.4, 0.5) is 0 Å². The third-order valence-electron chi connectivity index (χ3n) is 3.08. The highest BCUT2D eigenvalue weighted by molar-refractivity contribution is 5.18. The number of hydrogen-bond donors (Lipinski definition) is 1. The van der Waals surface area contributed by atoms with Gasteiger partial charge in [0.15, 0.2) is 0 Å². The lowest BCUT2D eigenvalue weighted by Crippen LogP contribution is -2.29. The molecule has 0 aliphatic carbocycles. The Hall–Kier alpha value is -0.940. The fourth-order valence-electron chi connectivity index (χ4n) is 1.98. The molecular formula is C16H26O4. The van der Waals surface area contributed by atoms with Gasteiger partial charge in [0.05, 0.1) is 32.5 Å². The number of methoxy groups -OCH3 is 1. The van der Waals surface area contributed by atoms with Crippen LogP contribution in [0.15, 0.2) is 30.3 Å². The molecule has 0 aromatic heterocycles. The minimum Gasteiger partial charge on any atom is -0.386 e. The molecule has 0 bridgehead atoms. The number of aliphatic hydroxyl groups is 1. The smallest absolute Gasteiger partial charge is 0.105 e. The van der Waals surface area contributed by atoms with Gasteiger partial charge in [0.25, 0.3) is 0 Å². The van der Waals surface area contributed by atoms with Crippen LogP contribution < -0.4 is 0 Å². The summed E-state index contributed by atoms with van der Waals surface area (Å²) in [5.74, 6) is 0.226. The van der Waals surface area contributed by atoms with Crippen LogP contribution in [0.5, 0.6) is 0 Å². The van der Waals surface area contributed by atoms with Crippen molar-refractivity contribution in [1.29, 1.82) is 0 Å². The Morgan fingerprint density at radius 1 is 1.00 bits per heavy atom. The van der Waals surface area contributed by atoms with Crippen LogP contribution in [0.1, 0.15) is 25.5 Å². The number of ether oxygens (including phenoxy) is 3. The first-order valence-corrected chi connectivity index (χ1v) is 7.08. The molecule has 1 N–H and O–H groups in total. The number of hydrogen-bond acceptors (Lipinski definition) is 4. The Labute approximate surface area is 121 Å². The highest BCUT2D eigenvalue weighted by atomic mass is 16.5. The van der Waals surface area contributed by atoms with E-state index in [0.717, 1.165) is 5.56 Å². The Balaban J connectivity index is 2.40. The van der Waals surface area contributed by atoms with Gasteiger partial charge in [-0.15, -0.1) is 0 Å². The van der Waals surface area contributed by atoms with Gasteiger partial charge in [-0.1, -0.05) is 44.2 Å². The molecule has 1 aromatic rings. The van der Waals surface area contributed by atoms with Gasteiger partial charge >= 0.3 is 0 Å². The third kappa shape index (κ3) is 6.01. The van der Waals surface area contributed by atoms with Crippen LogP contribution in [-0.2, 0) is 14.2 Å². The molecule has 2 unspecified atom stereocenters. The molecule has 0 spiro atoms. The van der Waals surface area contributed by atoms with Crippen LogP contribution in [-0.4, -0.2) is 44.7 Å². The van der Waals surface area contributed by atoms with E-state index in [-0.39, 0.29) is 12.0 Å². The summed E-state index contributed by atoms with van der Waals surface area (Å²) < 4.78 is 16.0. The predicted octanol–water partition coefficient (Wildman–Crippen LogP) is 2.42. The fourth-order valence-corrected chi connectivity index (χ4v) is 1.98. The zero-order valence-electron chi connectivity index (χ0n) is 12.6. The van der Waals surface area contributed by atoms with Crippen LogP contribution in [0, 0.1) is 5.92 Å². The van der Waals surface area contributed by atoms with Gasteiger partial charge < -0.3 is 19.3 Å². The van der Waals surface area contributed by atoms with E-state index in [1.165, 1.54) is 0 Å². The lowest BCUT2D eigenvalue weighted by Gasteiger charge is -2.27. The summed E-state index contributed by atoms with van der Waals surface area (Å²) in [5.41, 5.74) is 0.881. The van der Waals surface area contributed by atoms with E-state index >= 15 is 0 Å². The van der Waals surface area contributed by atoms with E-state index in [2.05, 4.69) is 0 Å². The lowest BCUT2D eigenvalue weighted by atomic mass is 9.96. The zero-order valence-corrected chi connectivity index (χ0v) is 12.6. The molecule has 1 aromatic carbocycles. The van der Waals surface area contributed by atoms with Gasteiger partial charge in [0.1, 0.15) is 6.10 Å². The number of aliphatic hydroxyl groups excluding tert-OH is 1. The van der Waals surface area contributed by atoms with Gasteiger partial charge in [0.2, 0.25) is 0 Å². The van der Waals surface area contributed by atoms with Crippen molar-refractivity contribution < 1.29 is 19.3 Å². The number of rotatable bonds is 10. The van der Waals surface area contributed by atoms with Gasteiger partial charge in [-0.3, -0.25) is 0 Å². The summed E-state index contributed by atoms with van der Waals surface area (Å²) >= 11 is 0. The van der Waals surface area contributed by atoms with Gasteiger partial charge in [0, 0.05) is 7.11 Å². The van der Waals surface area contributed by atoms with E-state index in [1.54, 1.807) is 7.11 Å². The van der Waals surface area contributed by atoms with Crippen molar-refractivity contribution in [3.63, 3.8) is 0 Å². The molecule has 4 heteroatoms.